The van der Waals surface area contributed by atoms with Gasteiger partial charge in [0, 0.05) is 18.2 Å². The minimum Gasteiger partial charge on any atom is -0.381 e. The fourth-order valence-electron chi connectivity index (χ4n) is 2.96. The van der Waals surface area contributed by atoms with Crippen molar-refractivity contribution in [1.29, 1.82) is 0 Å². The van der Waals surface area contributed by atoms with E-state index in [2.05, 4.69) is 61.6 Å². The highest BCUT2D eigenvalue weighted by Gasteiger charge is 2.21. The SMILES string of the molecule is CCC1c2ccccc2CNc2ccc(C)cc21. The maximum absolute atomic E-state index is 3.57. The van der Waals surface area contributed by atoms with E-state index in [-0.39, 0.29) is 0 Å². The van der Waals surface area contributed by atoms with E-state index in [1.54, 1.807) is 0 Å². The van der Waals surface area contributed by atoms with Crippen molar-refractivity contribution >= 4 is 5.69 Å². The first kappa shape index (κ1) is 11.3. The Kier molecular flexibility index (Phi) is 2.83. The maximum Gasteiger partial charge on any atom is 0.0403 e. The molecule has 0 bridgehead atoms. The molecule has 0 spiro atoms. The first-order valence-corrected chi connectivity index (χ1v) is 6.72. The second-order valence-electron chi connectivity index (χ2n) is 5.10. The number of nitrogens with one attached hydrogen (secondary N) is 1. The van der Waals surface area contributed by atoms with Gasteiger partial charge >= 0.3 is 0 Å². The van der Waals surface area contributed by atoms with E-state index in [0.29, 0.717) is 5.92 Å². The monoisotopic (exact) mass is 237 g/mol. The largest absolute Gasteiger partial charge is 0.381 e. The van der Waals surface area contributed by atoms with E-state index >= 15 is 0 Å². The fourth-order valence-corrected chi connectivity index (χ4v) is 2.96. The van der Waals surface area contributed by atoms with Crippen molar-refractivity contribution in [2.45, 2.75) is 32.7 Å². The summed E-state index contributed by atoms with van der Waals surface area (Å²) in [7, 11) is 0. The lowest BCUT2D eigenvalue weighted by Gasteiger charge is -2.18. The van der Waals surface area contributed by atoms with Crippen LogP contribution < -0.4 is 5.32 Å². The molecule has 0 saturated heterocycles. The summed E-state index contributed by atoms with van der Waals surface area (Å²) in [5.74, 6) is 0.520. The average molecular weight is 237 g/mol. The molecular formula is C17H19N. The molecule has 3 rings (SSSR count). The summed E-state index contributed by atoms with van der Waals surface area (Å²) >= 11 is 0. The van der Waals surface area contributed by atoms with Gasteiger partial charge in [0.05, 0.1) is 0 Å². The molecule has 0 radical (unpaired) electrons. The molecule has 1 aliphatic heterocycles. The average Bonchev–Trinajstić information content (AvgIpc) is 2.54. The van der Waals surface area contributed by atoms with Crippen LogP contribution in [-0.4, -0.2) is 0 Å². The number of anilines is 1. The van der Waals surface area contributed by atoms with Crippen LogP contribution in [0, 0.1) is 6.92 Å². The molecule has 1 nitrogen and oxygen atoms in total. The third-order valence-corrected chi connectivity index (χ3v) is 3.89. The number of fused-ring (bicyclic) bond motifs is 2. The van der Waals surface area contributed by atoms with Gasteiger partial charge in [0.2, 0.25) is 0 Å². The van der Waals surface area contributed by atoms with E-state index in [0.717, 1.165) is 13.0 Å². The minimum absolute atomic E-state index is 0.520. The van der Waals surface area contributed by atoms with Gasteiger partial charge in [-0.15, -0.1) is 0 Å². The molecule has 1 heterocycles. The molecule has 2 aromatic rings. The first-order valence-electron chi connectivity index (χ1n) is 6.72. The third kappa shape index (κ3) is 1.80. The van der Waals surface area contributed by atoms with Crippen LogP contribution in [0.15, 0.2) is 42.5 Å². The number of aryl methyl sites for hydroxylation is 1. The van der Waals surface area contributed by atoms with Crippen LogP contribution in [0.3, 0.4) is 0 Å². The summed E-state index contributed by atoms with van der Waals surface area (Å²) in [5, 5.41) is 3.57. The van der Waals surface area contributed by atoms with Gasteiger partial charge in [-0.3, -0.25) is 0 Å². The highest BCUT2D eigenvalue weighted by molar-refractivity contribution is 5.59. The molecule has 92 valence electrons. The highest BCUT2D eigenvalue weighted by atomic mass is 14.9. The molecule has 0 fully saturated rings. The Morgan fingerprint density at radius 2 is 1.94 bits per heavy atom. The molecule has 1 atom stereocenters. The quantitative estimate of drug-likeness (QED) is 0.772. The molecule has 0 saturated carbocycles. The van der Waals surface area contributed by atoms with Crippen LogP contribution in [-0.2, 0) is 6.54 Å². The van der Waals surface area contributed by atoms with Gasteiger partial charge in [-0.1, -0.05) is 48.9 Å². The number of hydrogen-bond donors (Lipinski definition) is 1. The predicted molar refractivity (Wildman–Crippen MR) is 77.1 cm³/mol. The Labute approximate surface area is 109 Å². The molecule has 0 aliphatic carbocycles. The zero-order valence-electron chi connectivity index (χ0n) is 11.0. The summed E-state index contributed by atoms with van der Waals surface area (Å²) in [5.41, 5.74) is 6.99. The number of hydrogen-bond acceptors (Lipinski definition) is 1. The van der Waals surface area contributed by atoms with Crippen LogP contribution >= 0.6 is 0 Å². The van der Waals surface area contributed by atoms with Gasteiger partial charge in [-0.05, 0) is 36.1 Å². The van der Waals surface area contributed by atoms with E-state index in [1.165, 1.54) is 27.9 Å². The van der Waals surface area contributed by atoms with Crippen LogP contribution in [0.25, 0.3) is 0 Å². The van der Waals surface area contributed by atoms with E-state index in [4.69, 9.17) is 0 Å². The number of rotatable bonds is 1. The first-order chi connectivity index (χ1) is 8.79. The molecule has 0 aromatic heterocycles. The summed E-state index contributed by atoms with van der Waals surface area (Å²) in [6.07, 6.45) is 1.15. The van der Waals surface area contributed by atoms with Crippen molar-refractivity contribution < 1.29 is 0 Å². The van der Waals surface area contributed by atoms with Crippen molar-refractivity contribution in [3.63, 3.8) is 0 Å². The topological polar surface area (TPSA) is 12.0 Å². The van der Waals surface area contributed by atoms with Gasteiger partial charge in [-0.25, -0.2) is 0 Å². The number of benzene rings is 2. The lowest BCUT2D eigenvalue weighted by molar-refractivity contribution is 0.776. The Bertz CT molecular complexity index is 572. The molecule has 1 aliphatic rings. The Morgan fingerprint density at radius 1 is 1.11 bits per heavy atom. The van der Waals surface area contributed by atoms with Crippen LogP contribution in [0.5, 0.6) is 0 Å². The van der Waals surface area contributed by atoms with Crippen molar-refractivity contribution in [3.8, 4) is 0 Å². The maximum atomic E-state index is 3.57. The molecule has 18 heavy (non-hydrogen) atoms. The molecule has 0 amide bonds. The summed E-state index contributed by atoms with van der Waals surface area (Å²) in [6.45, 7) is 5.38. The predicted octanol–water partition coefficient (Wildman–Crippen LogP) is 4.46. The lowest BCUT2D eigenvalue weighted by Crippen LogP contribution is -2.01. The van der Waals surface area contributed by atoms with Gasteiger partial charge < -0.3 is 5.32 Å². The second-order valence-corrected chi connectivity index (χ2v) is 5.10. The van der Waals surface area contributed by atoms with Crippen LogP contribution in [0.4, 0.5) is 5.69 Å². The van der Waals surface area contributed by atoms with Crippen molar-refractivity contribution in [2.24, 2.45) is 0 Å². The normalized spacial score (nSPS) is 17.3. The minimum atomic E-state index is 0.520. The lowest BCUT2D eigenvalue weighted by atomic mass is 9.86. The Morgan fingerprint density at radius 3 is 2.78 bits per heavy atom. The fraction of sp³-hybridized carbons (Fsp3) is 0.294. The van der Waals surface area contributed by atoms with E-state index < -0.39 is 0 Å². The van der Waals surface area contributed by atoms with Gasteiger partial charge in [0.1, 0.15) is 0 Å². The zero-order chi connectivity index (χ0) is 12.5. The second kappa shape index (κ2) is 4.49. The smallest absolute Gasteiger partial charge is 0.0403 e. The Balaban J connectivity index is 2.19. The summed E-state index contributed by atoms with van der Waals surface area (Å²) in [4.78, 5) is 0. The molecule has 1 N–H and O–H groups in total. The summed E-state index contributed by atoms with van der Waals surface area (Å²) in [6, 6.07) is 15.6. The van der Waals surface area contributed by atoms with E-state index in [1.807, 2.05) is 0 Å². The summed E-state index contributed by atoms with van der Waals surface area (Å²) < 4.78 is 0. The molecule has 1 heteroatoms. The highest BCUT2D eigenvalue weighted by Crippen LogP contribution is 2.38. The molecule has 1 unspecified atom stereocenters. The van der Waals surface area contributed by atoms with Gasteiger partial charge in [0.25, 0.3) is 0 Å². The third-order valence-electron chi connectivity index (χ3n) is 3.89. The molecule has 2 aromatic carbocycles. The van der Waals surface area contributed by atoms with Crippen LogP contribution in [0.1, 0.15) is 41.5 Å². The van der Waals surface area contributed by atoms with E-state index in [9.17, 15) is 0 Å². The van der Waals surface area contributed by atoms with Gasteiger partial charge in [0.15, 0.2) is 0 Å². The van der Waals surface area contributed by atoms with Crippen molar-refractivity contribution in [2.75, 3.05) is 5.32 Å². The van der Waals surface area contributed by atoms with Crippen molar-refractivity contribution in [1.82, 2.24) is 0 Å². The zero-order valence-corrected chi connectivity index (χ0v) is 11.0. The van der Waals surface area contributed by atoms with Crippen LogP contribution in [0.2, 0.25) is 0 Å². The van der Waals surface area contributed by atoms with Gasteiger partial charge in [-0.2, -0.15) is 0 Å². The molecular weight excluding hydrogens is 218 g/mol. The van der Waals surface area contributed by atoms with Crippen molar-refractivity contribution in [3.05, 3.63) is 64.7 Å². The Hall–Kier alpha value is -1.76. The standard InChI is InChI=1S/C17H19N/c1-3-14-15-7-5-4-6-13(15)11-18-17-9-8-12(2)10-16(14)17/h4-10,14,18H,3,11H2,1-2H3.